The molecule has 0 aliphatic rings. The second-order valence-electron chi connectivity index (χ2n) is 26.5. The lowest BCUT2D eigenvalue weighted by Crippen LogP contribution is -2.10. The molecule has 0 amide bonds. The minimum Gasteiger partial charge on any atom is -0.455 e. The minimum absolute atomic E-state index is 0.868. The molecule has 0 unspecified atom stereocenters. The lowest BCUT2D eigenvalue weighted by molar-refractivity contribution is 0.672. The Balaban J connectivity index is 0.684. The Hall–Kier alpha value is -12.8. The number of thiophene rings is 2. The van der Waals surface area contributed by atoms with Crippen molar-refractivity contribution in [3.05, 3.63) is 352 Å². The summed E-state index contributed by atoms with van der Waals surface area (Å²) in [6, 6.07) is 129. The van der Waals surface area contributed by atoms with E-state index in [9.17, 15) is 0 Å². The highest BCUT2D eigenvalue weighted by Gasteiger charge is 2.25. The summed E-state index contributed by atoms with van der Waals surface area (Å²) in [6.45, 7) is 0. The summed E-state index contributed by atoms with van der Waals surface area (Å²) in [7, 11) is 0. The van der Waals surface area contributed by atoms with Gasteiger partial charge in [-0.2, -0.15) is 0 Å². The normalized spacial score (nSPS) is 11.9. The lowest BCUT2D eigenvalue weighted by Gasteiger charge is -2.27. The molecule has 0 spiro atoms. The van der Waals surface area contributed by atoms with Crippen LogP contribution >= 0.6 is 22.7 Å². The molecule has 4 nitrogen and oxygen atoms in total. The molecule has 6 heteroatoms. The molecule has 102 heavy (non-hydrogen) atoms. The maximum atomic E-state index is 7.36. The van der Waals surface area contributed by atoms with Crippen molar-refractivity contribution in [3.63, 3.8) is 0 Å². The predicted octanol–water partition coefficient (Wildman–Crippen LogP) is 29.0. The van der Waals surface area contributed by atoms with Gasteiger partial charge in [0.05, 0.1) is 20.8 Å². The van der Waals surface area contributed by atoms with Crippen LogP contribution in [0.5, 0.6) is 0 Å². The number of rotatable bonds is 11. The molecule has 0 fully saturated rings. The lowest BCUT2D eigenvalue weighted by atomic mass is 9.93. The van der Waals surface area contributed by atoms with E-state index in [-0.39, 0.29) is 0 Å². The van der Waals surface area contributed by atoms with Crippen LogP contribution in [0.1, 0.15) is 0 Å². The van der Waals surface area contributed by atoms with E-state index in [1.807, 2.05) is 22.7 Å². The first-order valence-corrected chi connectivity index (χ1v) is 36.3. The maximum Gasteiger partial charge on any atom is 0.143 e. The SMILES string of the molecule is c1ccc(-c2cccc(N(c3ccc(-c4cccc5oc6c7ccccc7ccc6c45)cc3)c3cccc4c3sc3cc(-c5ccc(-c6ccc(N(c7ccc(-c8cccc9ccccc89)cc7)c7cccc8c7sc7ccccc78)cc6)c6c5oc5c7ccccc7ccc56)ccc34)c2)cc1. The number of nitrogens with zero attached hydrogens (tertiary/aromatic N) is 2. The third-order valence-corrected chi connectivity index (χ3v) is 23.3. The van der Waals surface area contributed by atoms with E-state index in [0.717, 1.165) is 133 Å². The molecular weight excluding hydrogens is 1280 g/mol. The standard InChI is InChI=1S/C96H58N2O2S2/c1-2-17-59(18-3-1)66-23-12-24-71(57-66)98(70-50-39-64(40-51-70)74-30-16-35-87-90(74)83-53-43-61-20-5-8-26-76(61)92(83)99-87)86-34-15-32-82-80-52-45-67(58-89(80)102-96(82)86)78-56-55-75(91-84-54-44-62-21-6-9-27-77(62)93(84)100-94(78)91)65-41-48-69(49-42-65)97(85-33-14-31-81-79-28-10-11-36-88(79)101-95(81)85)68-46-37-63(38-47-68)73-29-13-22-60-19-4-7-25-72(60)73/h1-58H. The van der Waals surface area contributed by atoms with Gasteiger partial charge in [-0.15, -0.1) is 22.7 Å². The molecule has 0 saturated heterocycles. The molecular formula is C96H58N2O2S2. The molecule has 476 valence electrons. The zero-order valence-electron chi connectivity index (χ0n) is 55.0. The van der Waals surface area contributed by atoms with E-state index in [0.29, 0.717) is 0 Å². The molecule has 0 aliphatic carbocycles. The summed E-state index contributed by atoms with van der Waals surface area (Å²) in [5, 5.41) is 16.4. The summed E-state index contributed by atoms with van der Waals surface area (Å²) in [4.78, 5) is 4.88. The largest absolute Gasteiger partial charge is 0.455 e. The van der Waals surface area contributed by atoms with Crippen LogP contribution in [-0.2, 0) is 0 Å². The van der Waals surface area contributed by atoms with Crippen LogP contribution in [0.4, 0.5) is 34.1 Å². The second-order valence-corrected chi connectivity index (χ2v) is 28.7. The Kier molecular flexibility index (Phi) is 13.3. The zero-order valence-corrected chi connectivity index (χ0v) is 56.6. The first-order valence-electron chi connectivity index (χ1n) is 34.7. The summed E-state index contributed by atoms with van der Waals surface area (Å²) in [5.41, 5.74) is 21.5. The van der Waals surface area contributed by atoms with Gasteiger partial charge < -0.3 is 18.6 Å². The van der Waals surface area contributed by atoms with Gasteiger partial charge >= 0.3 is 0 Å². The molecule has 4 aromatic heterocycles. The summed E-state index contributed by atoms with van der Waals surface area (Å²) >= 11 is 3.70. The molecule has 0 N–H and O–H groups in total. The topological polar surface area (TPSA) is 32.8 Å². The van der Waals surface area contributed by atoms with E-state index in [2.05, 4.69) is 362 Å². The van der Waals surface area contributed by atoms with Crippen molar-refractivity contribution in [1.29, 1.82) is 0 Å². The number of furan rings is 2. The van der Waals surface area contributed by atoms with Gasteiger partial charge in [-0.3, -0.25) is 0 Å². The van der Waals surface area contributed by atoms with Gasteiger partial charge in [0.1, 0.15) is 22.3 Å². The highest BCUT2D eigenvalue weighted by Crippen LogP contribution is 2.51. The Labute approximate surface area is 595 Å². The fourth-order valence-corrected chi connectivity index (χ4v) is 18.5. The monoisotopic (exact) mass is 1330 g/mol. The van der Waals surface area contributed by atoms with Gasteiger partial charge in [0.25, 0.3) is 0 Å². The Morgan fingerprint density at radius 2 is 0.667 bits per heavy atom. The molecule has 21 aromatic rings. The number of hydrogen-bond donors (Lipinski definition) is 0. The van der Waals surface area contributed by atoms with Crippen molar-refractivity contribution in [3.8, 4) is 55.6 Å². The summed E-state index contributed by atoms with van der Waals surface area (Å²) in [5.74, 6) is 0. The van der Waals surface area contributed by atoms with Gasteiger partial charge in [-0.25, -0.2) is 0 Å². The predicted molar refractivity (Wildman–Crippen MR) is 436 cm³/mol. The van der Waals surface area contributed by atoms with Crippen LogP contribution < -0.4 is 9.80 Å². The van der Waals surface area contributed by atoms with Gasteiger partial charge in [0.2, 0.25) is 0 Å². The van der Waals surface area contributed by atoms with Crippen LogP contribution in [0.25, 0.3) is 172 Å². The van der Waals surface area contributed by atoms with Crippen molar-refractivity contribution < 1.29 is 8.83 Å². The average Bonchev–Trinajstić information content (AvgIpc) is 1.57. The van der Waals surface area contributed by atoms with Crippen LogP contribution in [0.3, 0.4) is 0 Å². The van der Waals surface area contributed by atoms with Crippen molar-refractivity contribution >= 4 is 173 Å². The first-order chi connectivity index (χ1) is 50.6. The van der Waals surface area contributed by atoms with Crippen LogP contribution in [0, 0.1) is 0 Å². The van der Waals surface area contributed by atoms with Crippen LogP contribution in [0.15, 0.2) is 361 Å². The van der Waals surface area contributed by atoms with Crippen molar-refractivity contribution in [2.45, 2.75) is 0 Å². The van der Waals surface area contributed by atoms with E-state index >= 15 is 0 Å². The van der Waals surface area contributed by atoms with E-state index < -0.39 is 0 Å². The second kappa shape index (κ2) is 23.4. The molecule has 21 rings (SSSR count). The molecule has 0 aliphatic heterocycles. The molecule has 17 aromatic carbocycles. The molecule has 0 saturated carbocycles. The Morgan fingerprint density at radius 3 is 1.34 bits per heavy atom. The maximum absolute atomic E-state index is 7.36. The number of fused-ring (bicyclic) bond motifs is 17. The summed E-state index contributed by atoms with van der Waals surface area (Å²) < 4.78 is 19.0. The van der Waals surface area contributed by atoms with E-state index in [4.69, 9.17) is 8.83 Å². The summed E-state index contributed by atoms with van der Waals surface area (Å²) in [6.07, 6.45) is 0. The molecule has 0 atom stereocenters. The zero-order chi connectivity index (χ0) is 66.9. The third-order valence-electron chi connectivity index (χ3n) is 20.9. The van der Waals surface area contributed by atoms with Crippen molar-refractivity contribution in [1.82, 2.24) is 0 Å². The van der Waals surface area contributed by atoms with Crippen LogP contribution in [-0.4, -0.2) is 0 Å². The number of hydrogen-bond acceptors (Lipinski definition) is 6. The fraction of sp³-hybridized carbons (Fsp3) is 0. The van der Waals surface area contributed by atoms with E-state index in [1.165, 1.54) is 73.2 Å². The highest BCUT2D eigenvalue weighted by molar-refractivity contribution is 7.27. The van der Waals surface area contributed by atoms with Crippen LogP contribution in [0.2, 0.25) is 0 Å². The minimum atomic E-state index is 0.868. The van der Waals surface area contributed by atoms with Gasteiger partial charge in [-0.1, -0.05) is 255 Å². The highest BCUT2D eigenvalue weighted by atomic mass is 32.1. The Bertz CT molecular complexity index is 6940. The third kappa shape index (κ3) is 9.34. The molecule has 0 bridgehead atoms. The Morgan fingerprint density at radius 1 is 0.216 bits per heavy atom. The molecule has 4 heterocycles. The number of anilines is 6. The van der Waals surface area contributed by atoms with Crippen molar-refractivity contribution in [2.24, 2.45) is 0 Å². The average molecular weight is 1340 g/mol. The quantitative estimate of drug-likeness (QED) is 0.129. The van der Waals surface area contributed by atoms with Gasteiger partial charge in [0, 0.05) is 91.6 Å². The smallest absolute Gasteiger partial charge is 0.143 e. The first kappa shape index (κ1) is 58.2. The van der Waals surface area contributed by atoms with Crippen molar-refractivity contribution in [2.75, 3.05) is 9.80 Å². The van der Waals surface area contributed by atoms with Gasteiger partial charge in [-0.05, 0) is 169 Å². The fourth-order valence-electron chi connectivity index (χ4n) is 16.1. The number of benzene rings is 17. The van der Waals surface area contributed by atoms with E-state index in [1.54, 1.807) is 0 Å². The van der Waals surface area contributed by atoms with Gasteiger partial charge in [0.15, 0.2) is 0 Å². The molecule has 0 radical (unpaired) electrons.